The van der Waals surface area contributed by atoms with E-state index in [1.165, 1.54) is 5.56 Å². The normalized spacial score (nSPS) is 10.1. The number of benzene rings is 1. The highest BCUT2D eigenvalue weighted by Crippen LogP contribution is 2.04. The Morgan fingerprint density at radius 1 is 1.31 bits per heavy atom. The van der Waals surface area contributed by atoms with Gasteiger partial charge in [0.2, 0.25) is 5.91 Å². The van der Waals surface area contributed by atoms with Crippen LogP contribution in [-0.4, -0.2) is 31.4 Å². The third kappa shape index (κ3) is 4.45. The molecule has 1 N–H and O–H groups in total. The van der Waals surface area contributed by atoms with Crippen molar-refractivity contribution in [1.82, 2.24) is 10.2 Å². The lowest BCUT2D eigenvalue weighted by Gasteiger charge is -2.17. The summed E-state index contributed by atoms with van der Waals surface area (Å²) < 4.78 is 0. The molecule has 0 aliphatic heterocycles. The molecule has 1 rings (SSSR count). The van der Waals surface area contributed by atoms with E-state index in [0.29, 0.717) is 13.0 Å². The zero-order chi connectivity index (χ0) is 11.8. The zero-order valence-corrected chi connectivity index (χ0v) is 10.1. The maximum absolute atomic E-state index is 11.7. The maximum Gasteiger partial charge on any atom is 0.222 e. The van der Waals surface area contributed by atoms with Crippen LogP contribution in [0.4, 0.5) is 0 Å². The van der Waals surface area contributed by atoms with Crippen LogP contribution < -0.4 is 5.32 Å². The second kappa shape index (κ2) is 7.01. The third-order valence-corrected chi connectivity index (χ3v) is 2.51. The van der Waals surface area contributed by atoms with Crippen molar-refractivity contribution in [2.75, 3.05) is 20.6 Å². The van der Waals surface area contributed by atoms with Crippen molar-refractivity contribution in [2.24, 2.45) is 0 Å². The molecule has 1 aromatic rings. The number of carbonyl (C=O) groups is 1. The van der Waals surface area contributed by atoms with Crippen molar-refractivity contribution < 1.29 is 4.79 Å². The van der Waals surface area contributed by atoms with Gasteiger partial charge >= 0.3 is 0 Å². The van der Waals surface area contributed by atoms with Crippen molar-refractivity contribution in [1.29, 1.82) is 0 Å². The van der Waals surface area contributed by atoms with Gasteiger partial charge in [-0.05, 0) is 25.6 Å². The second-order valence-corrected chi connectivity index (χ2v) is 3.94. The van der Waals surface area contributed by atoms with Crippen molar-refractivity contribution >= 4 is 5.91 Å². The number of rotatable bonds is 6. The van der Waals surface area contributed by atoms with Crippen LogP contribution in [0.25, 0.3) is 0 Å². The van der Waals surface area contributed by atoms with Crippen molar-refractivity contribution in [3.05, 3.63) is 35.9 Å². The lowest BCUT2D eigenvalue weighted by Crippen LogP contribution is -2.26. The standard InChI is InChI=1S/C13H20N2O/c1-14-10-6-9-13(16)15(2)11-12-7-4-3-5-8-12/h3-5,7-8,14H,6,9-11H2,1-2H3. The Morgan fingerprint density at radius 3 is 2.62 bits per heavy atom. The highest BCUT2D eigenvalue weighted by molar-refractivity contribution is 5.75. The molecule has 0 unspecified atom stereocenters. The lowest BCUT2D eigenvalue weighted by molar-refractivity contribution is -0.130. The topological polar surface area (TPSA) is 32.3 Å². The van der Waals surface area contributed by atoms with E-state index < -0.39 is 0 Å². The maximum atomic E-state index is 11.7. The molecule has 0 heterocycles. The first-order valence-corrected chi connectivity index (χ1v) is 5.66. The van der Waals surface area contributed by atoms with Gasteiger partial charge in [-0.2, -0.15) is 0 Å². The van der Waals surface area contributed by atoms with Crippen LogP contribution in [0.3, 0.4) is 0 Å². The highest BCUT2D eigenvalue weighted by Gasteiger charge is 2.07. The molecule has 0 atom stereocenters. The summed E-state index contributed by atoms with van der Waals surface area (Å²) >= 11 is 0. The minimum atomic E-state index is 0.208. The molecule has 0 radical (unpaired) electrons. The SMILES string of the molecule is CNCCCC(=O)N(C)Cc1ccccc1. The molecule has 88 valence electrons. The molecule has 0 fully saturated rings. The fourth-order valence-electron chi connectivity index (χ4n) is 1.55. The second-order valence-electron chi connectivity index (χ2n) is 3.94. The van der Waals surface area contributed by atoms with E-state index in [0.717, 1.165) is 13.0 Å². The molecule has 0 aliphatic rings. The van der Waals surface area contributed by atoms with Gasteiger partial charge in [-0.25, -0.2) is 0 Å². The molecule has 3 heteroatoms. The molecule has 0 aromatic heterocycles. The summed E-state index contributed by atoms with van der Waals surface area (Å²) in [5, 5.41) is 3.04. The molecule has 0 aliphatic carbocycles. The van der Waals surface area contributed by atoms with Crippen LogP contribution in [0.1, 0.15) is 18.4 Å². The Morgan fingerprint density at radius 2 is 2.00 bits per heavy atom. The third-order valence-electron chi connectivity index (χ3n) is 2.51. The van der Waals surface area contributed by atoms with Gasteiger partial charge in [-0.3, -0.25) is 4.79 Å². The monoisotopic (exact) mass is 220 g/mol. The molecule has 0 saturated heterocycles. The summed E-state index contributed by atoms with van der Waals surface area (Å²) in [5.41, 5.74) is 1.17. The van der Waals surface area contributed by atoms with Crippen LogP contribution >= 0.6 is 0 Å². The Labute approximate surface area is 97.5 Å². The van der Waals surface area contributed by atoms with Gasteiger partial charge in [0.15, 0.2) is 0 Å². The number of nitrogens with one attached hydrogen (secondary N) is 1. The van der Waals surface area contributed by atoms with Gasteiger partial charge in [0, 0.05) is 20.0 Å². The number of amides is 1. The van der Waals surface area contributed by atoms with Crippen LogP contribution in [0, 0.1) is 0 Å². The summed E-state index contributed by atoms with van der Waals surface area (Å²) in [4.78, 5) is 13.5. The summed E-state index contributed by atoms with van der Waals surface area (Å²) in [5.74, 6) is 0.208. The smallest absolute Gasteiger partial charge is 0.222 e. The molecule has 1 amide bonds. The van der Waals surface area contributed by atoms with E-state index in [1.54, 1.807) is 4.90 Å². The van der Waals surface area contributed by atoms with E-state index in [-0.39, 0.29) is 5.91 Å². The lowest BCUT2D eigenvalue weighted by atomic mass is 10.2. The number of carbonyl (C=O) groups excluding carboxylic acids is 1. The van der Waals surface area contributed by atoms with Gasteiger partial charge in [-0.15, -0.1) is 0 Å². The van der Waals surface area contributed by atoms with E-state index in [9.17, 15) is 4.79 Å². The van der Waals surface area contributed by atoms with Crippen LogP contribution in [0.5, 0.6) is 0 Å². The van der Waals surface area contributed by atoms with Crippen molar-refractivity contribution in [3.63, 3.8) is 0 Å². The minimum absolute atomic E-state index is 0.208. The largest absolute Gasteiger partial charge is 0.341 e. The summed E-state index contributed by atoms with van der Waals surface area (Å²) in [6, 6.07) is 10.1. The average molecular weight is 220 g/mol. The van der Waals surface area contributed by atoms with Gasteiger partial charge < -0.3 is 10.2 Å². The van der Waals surface area contributed by atoms with Gasteiger partial charge in [0.1, 0.15) is 0 Å². The fourth-order valence-corrected chi connectivity index (χ4v) is 1.55. The molecular weight excluding hydrogens is 200 g/mol. The van der Waals surface area contributed by atoms with Crippen LogP contribution in [0.2, 0.25) is 0 Å². The van der Waals surface area contributed by atoms with Gasteiger partial charge in [0.05, 0.1) is 0 Å². The molecule has 0 spiro atoms. The first kappa shape index (κ1) is 12.7. The van der Waals surface area contributed by atoms with Crippen molar-refractivity contribution in [3.8, 4) is 0 Å². The number of nitrogens with zero attached hydrogens (tertiary/aromatic N) is 1. The number of hydrogen-bond acceptors (Lipinski definition) is 2. The van der Waals surface area contributed by atoms with Crippen LogP contribution in [-0.2, 0) is 11.3 Å². The molecule has 0 saturated carbocycles. The van der Waals surface area contributed by atoms with Crippen LogP contribution in [0.15, 0.2) is 30.3 Å². The summed E-state index contributed by atoms with van der Waals surface area (Å²) in [6.07, 6.45) is 1.51. The minimum Gasteiger partial charge on any atom is -0.341 e. The Balaban J connectivity index is 2.34. The van der Waals surface area contributed by atoms with Gasteiger partial charge in [-0.1, -0.05) is 30.3 Å². The predicted octanol–water partition coefficient (Wildman–Crippen LogP) is 1.64. The molecule has 1 aromatic carbocycles. The first-order valence-electron chi connectivity index (χ1n) is 5.66. The Hall–Kier alpha value is -1.35. The Kier molecular flexibility index (Phi) is 5.57. The van der Waals surface area contributed by atoms with E-state index in [2.05, 4.69) is 5.32 Å². The molecule has 16 heavy (non-hydrogen) atoms. The molecule has 0 bridgehead atoms. The summed E-state index contributed by atoms with van der Waals surface area (Å²) in [6.45, 7) is 1.59. The number of hydrogen-bond donors (Lipinski definition) is 1. The average Bonchev–Trinajstić information content (AvgIpc) is 2.30. The van der Waals surface area contributed by atoms with Gasteiger partial charge in [0.25, 0.3) is 0 Å². The zero-order valence-electron chi connectivity index (χ0n) is 10.1. The van der Waals surface area contributed by atoms with Crippen molar-refractivity contribution in [2.45, 2.75) is 19.4 Å². The molecule has 3 nitrogen and oxygen atoms in total. The quantitative estimate of drug-likeness (QED) is 0.739. The van der Waals surface area contributed by atoms with E-state index in [4.69, 9.17) is 0 Å². The molecular formula is C13H20N2O. The first-order chi connectivity index (χ1) is 7.74. The Bertz CT molecular complexity index is 311. The predicted molar refractivity (Wildman–Crippen MR) is 66.1 cm³/mol. The fraction of sp³-hybridized carbons (Fsp3) is 0.462. The summed E-state index contributed by atoms with van der Waals surface area (Å²) in [7, 11) is 3.76. The van der Waals surface area contributed by atoms with E-state index >= 15 is 0 Å². The highest BCUT2D eigenvalue weighted by atomic mass is 16.2. The van der Waals surface area contributed by atoms with E-state index in [1.807, 2.05) is 44.4 Å².